The molecule has 2 aromatic carbocycles. The molecule has 34 heavy (non-hydrogen) atoms. The summed E-state index contributed by atoms with van der Waals surface area (Å²) in [7, 11) is 1.66. The minimum absolute atomic E-state index is 0.0111. The van der Waals surface area contributed by atoms with Crippen molar-refractivity contribution in [1.29, 1.82) is 0 Å². The van der Waals surface area contributed by atoms with E-state index in [1.54, 1.807) is 18.1 Å². The quantitative estimate of drug-likeness (QED) is 0.609. The van der Waals surface area contributed by atoms with Crippen molar-refractivity contribution in [2.45, 2.75) is 12.8 Å². The summed E-state index contributed by atoms with van der Waals surface area (Å²) in [6.45, 7) is 3.68. The molecule has 8 heteroatoms. The SMILES string of the molecule is COc1ccccc1N1CCN(C(=O)[C@H]2CC(=O)N(CCc3c[nH]c4ccc(F)cc34)C2)CC1. The molecule has 2 fully saturated rings. The zero-order valence-electron chi connectivity index (χ0n) is 19.3. The van der Waals surface area contributed by atoms with Crippen LogP contribution in [0.3, 0.4) is 0 Å². The Morgan fingerprint density at radius 2 is 1.94 bits per heavy atom. The Kier molecular flexibility index (Phi) is 6.13. The molecule has 0 unspecified atom stereocenters. The van der Waals surface area contributed by atoms with Gasteiger partial charge in [0.2, 0.25) is 11.8 Å². The molecule has 7 nitrogen and oxygen atoms in total. The number of amides is 2. The van der Waals surface area contributed by atoms with Crippen LogP contribution in [-0.2, 0) is 16.0 Å². The summed E-state index contributed by atoms with van der Waals surface area (Å²) in [5.74, 6) is 0.326. The van der Waals surface area contributed by atoms with Gasteiger partial charge < -0.3 is 24.4 Å². The number of H-pyrrole nitrogens is 1. The molecule has 2 aliphatic heterocycles. The van der Waals surface area contributed by atoms with Gasteiger partial charge in [-0.3, -0.25) is 9.59 Å². The molecular weight excluding hydrogens is 435 g/mol. The van der Waals surface area contributed by atoms with Crippen LogP contribution in [0.4, 0.5) is 10.1 Å². The second kappa shape index (κ2) is 9.37. The number of anilines is 1. The van der Waals surface area contributed by atoms with E-state index in [-0.39, 0.29) is 30.0 Å². The van der Waals surface area contributed by atoms with E-state index in [4.69, 9.17) is 4.74 Å². The van der Waals surface area contributed by atoms with Gasteiger partial charge in [0.25, 0.3) is 0 Å². The Morgan fingerprint density at radius 3 is 2.74 bits per heavy atom. The van der Waals surface area contributed by atoms with Gasteiger partial charge in [0.05, 0.1) is 18.7 Å². The van der Waals surface area contributed by atoms with Crippen LogP contribution in [0.15, 0.2) is 48.7 Å². The van der Waals surface area contributed by atoms with Crippen LogP contribution >= 0.6 is 0 Å². The number of para-hydroxylation sites is 2. The lowest BCUT2D eigenvalue weighted by Crippen LogP contribution is -2.50. The molecule has 178 valence electrons. The summed E-state index contributed by atoms with van der Waals surface area (Å²) in [4.78, 5) is 34.8. The van der Waals surface area contributed by atoms with Gasteiger partial charge in [-0.1, -0.05) is 12.1 Å². The second-order valence-electron chi connectivity index (χ2n) is 8.98. The number of hydrogen-bond acceptors (Lipinski definition) is 4. The van der Waals surface area contributed by atoms with Crippen molar-refractivity contribution >= 4 is 28.4 Å². The first-order valence-electron chi connectivity index (χ1n) is 11.7. The third-order valence-electron chi connectivity index (χ3n) is 6.96. The highest BCUT2D eigenvalue weighted by Crippen LogP contribution is 2.29. The molecule has 0 spiro atoms. The van der Waals surface area contributed by atoms with Crippen molar-refractivity contribution in [2.75, 3.05) is 51.3 Å². The molecular formula is C26H29FN4O3. The van der Waals surface area contributed by atoms with Gasteiger partial charge in [-0.2, -0.15) is 0 Å². The van der Waals surface area contributed by atoms with Crippen LogP contribution in [-0.4, -0.2) is 73.0 Å². The fraction of sp³-hybridized carbons (Fsp3) is 0.385. The normalized spacial score (nSPS) is 18.7. The zero-order chi connectivity index (χ0) is 23.7. The number of fused-ring (bicyclic) bond motifs is 1. The molecule has 3 heterocycles. The molecule has 0 aliphatic carbocycles. The molecule has 1 aromatic heterocycles. The van der Waals surface area contributed by atoms with Gasteiger partial charge in [-0.15, -0.1) is 0 Å². The van der Waals surface area contributed by atoms with E-state index < -0.39 is 0 Å². The second-order valence-corrected chi connectivity index (χ2v) is 8.98. The molecule has 0 saturated carbocycles. The summed E-state index contributed by atoms with van der Waals surface area (Å²) < 4.78 is 19.1. The lowest BCUT2D eigenvalue weighted by molar-refractivity contribution is -0.136. The maximum Gasteiger partial charge on any atom is 0.228 e. The predicted molar refractivity (Wildman–Crippen MR) is 128 cm³/mol. The first-order valence-corrected chi connectivity index (χ1v) is 11.7. The van der Waals surface area contributed by atoms with Crippen molar-refractivity contribution < 1.29 is 18.7 Å². The number of likely N-dealkylation sites (tertiary alicyclic amines) is 1. The molecule has 0 radical (unpaired) electrons. The van der Waals surface area contributed by atoms with Gasteiger partial charge in [0.15, 0.2) is 0 Å². The van der Waals surface area contributed by atoms with E-state index in [2.05, 4.69) is 9.88 Å². The highest BCUT2D eigenvalue weighted by molar-refractivity contribution is 5.89. The maximum absolute atomic E-state index is 13.6. The van der Waals surface area contributed by atoms with E-state index in [0.29, 0.717) is 32.6 Å². The minimum Gasteiger partial charge on any atom is -0.495 e. The predicted octanol–water partition coefficient (Wildman–Crippen LogP) is 3.06. The number of halogens is 1. The number of piperazine rings is 1. The number of methoxy groups -OCH3 is 1. The van der Waals surface area contributed by atoms with Crippen LogP contribution in [0.25, 0.3) is 10.9 Å². The lowest BCUT2D eigenvalue weighted by Gasteiger charge is -2.37. The first-order chi connectivity index (χ1) is 16.5. The van der Waals surface area contributed by atoms with Crippen LogP contribution in [0.5, 0.6) is 5.75 Å². The molecule has 1 N–H and O–H groups in total. The zero-order valence-corrected chi connectivity index (χ0v) is 19.3. The van der Waals surface area contributed by atoms with Crippen molar-refractivity contribution in [3.05, 3.63) is 60.0 Å². The standard InChI is InChI=1S/C26H29FN4O3/c1-34-24-5-3-2-4-23(24)29-10-12-30(13-11-29)26(33)19-14-25(32)31(17-19)9-8-18-16-28-22-7-6-20(27)15-21(18)22/h2-7,15-16,19,28H,8-14,17H2,1H3/t19-/m0/s1. The van der Waals surface area contributed by atoms with Crippen molar-refractivity contribution in [1.82, 2.24) is 14.8 Å². The smallest absolute Gasteiger partial charge is 0.228 e. The summed E-state index contributed by atoms with van der Waals surface area (Å²) in [5.41, 5.74) is 2.89. The molecule has 2 saturated heterocycles. The lowest BCUT2D eigenvalue weighted by atomic mass is 10.1. The van der Waals surface area contributed by atoms with Gasteiger partial charge in [-0.25, -0.2) is 4.39 Å². The molecule has 0 bridgehead atoms. The van der Waals surface area contributed by atoms with Crippen molar-refractivity contribution in [3.8, 4) is 5.75 Å². The van der Waals surface area contributed by atoms with Crippen molar-refractivity contribution in [3.63, 3.8) is 0 Å². The summed E-state index contributed by atoms with van der Waals surface area (Å²) >= 11 is 0. The monoisotopic (exact) mass is 464 g/mol. The number of aromatic amines is 1. The fourth-order valence-electron chi connectivity index (χ4n) is 5.08. The summed E-state index contributed by atoms with van der Waals surface area (Å²) in [5, 5.41) is 0.840. The summed E-state index contributed by atoms with van der Waals surface area (Å²) in [6, 6.07) is 12.6. The minimum atomic E-state index is -0.300. The molecule has 2 aliphatic rings. The number of benzene rings is 2. The highest BCUT2D eigenvalue weighted by atomic mass is 19.1. The van der Waals surface area contributed by atoms with Crippen LogP contribution < -0.4 is 9.64 Å². The van der Waals surface area contributed by atoms with E-state index in [9.17, 15) is 14.0 Å². The topological polar surface area (TPSA) is 68.9 Å². The third kappa shape index (κ3) is 4.32. The number of carbonyl (C=O) groups excluding carboxylic acids is 2. The number of hydrogen-bond donors (Lipinski definition) is 1. The number of carbonyl (C=O) groups is 2. The largest absolute Gasteiger partial charge is 0.495 e. The third-order valence-corrected chi connectivity index (χ3v) is 6.96. The Bertz CT molecular complexity index is 1200. The van der Waals surface area contributed by atoms with Gasteiger partial charge in [0.1, 0.15) is 11.6 Å². The van der Waals surface area contributed by atoms with Crippen LogP contribution in [0.2, 0.25) is 0 Å². The molecule has 2 amide bonds. The maximum atomic E-state index is 13.6. The number of aromatic nitrogens is 1. The average Bonchev–Trinajstić information content (AvgIpc) is 3.44. The Morgan fingerprint density at radius 1 is 1.15 bits per heavy atom. The van der Waals surface area contributed by atoms with E-state index in [1.807, 2.05) is 35.4 Å². The van der Waals surface area contributed by atoms with Gasteiger partial charge >= 0.3 is 0 Å². The number of ether oxygens (including phenoxy) is 1. The average molecular weight is 465 g/mol. The van der Waals surface area contributed by atoms with Crippen LogP contribution in [0, 0.1) is 11.7 Å². The Balaban J connectivity index is 1.16. The molecule has 1 atom stereocenters. The van der Waals surface area contributed by atoms with E-state index in [0.717, 1.165) is 41.0 Å². The number of nitrogens with zero attached hydrogens (tertiary/aromatic N) is 3. The van der Waals surface area contributed by atoms with E-state index >= 15 is 0 Å². The molecule has 3 aromatic rings. The van der Waals surface area contributed by atoms with E-state index in [1.165, 1.54) is 12.1 Å². The number of nitrogens with one attached hydrogen (secondary N) is 1. The van der Waals surface area contributed by atoms with Crippen molar-refractivity contribution in [2.24, 2.45) is 5.92 Å². The fourth-order valence-corrected chi connectivity index (χ4v) is 5.08. The van der Waals surface area contributed by atoms with Gasteiger partial charge in [-0.05, 0) is 42.3 Å². The van der Waals surface area contributed by atoms with Gasteiger partial charge in [0, 0.05) is 62.8 Å². The molecule has 5 rings (SSSR count). The highest BCUT2D eigenvalue weighted by Gasteiger charge is 2.37. The first kappa shape index (κ1) is 22.3. The Labute approximate surface area is 198 Å². The Hall–Kier alpha value is -3.55. The number of rotatable bonds is 6. The summed E-state index contributed by atoms with van der Waals surface area (Å²) in [6.07, 6.45) is 2.75. The van der Waals surface area contributed by atoms with Crippen LogP contribution in [0.1, 0.15) is 12.0 Å².